The molecule has 1 saturated heterocycles. The monoisotopic (exact) mass is 558 g/mol. The van der Waals surface area contributed by atoms with Gasteiger partial charge in [0.05, 0.1) is 19.2 Å². The maximum absolute atomic E-state index is 15.0. The van der Waals surface area contributed by atoms with Crippen LogP contribution in [0.5, 0.6) is 23.0 Å². The summed E-state index contributed by atoms with van der Waals surface area (Å²) in [5.74, 6) is -0.628. The normalized spacial score (nSPS) is 13.9. The number of hydrogen-bond donors (Lipinski definition) is 2. The van der Waals surface area contributed by atoms with E-state index in [1.807, 2.05) is 0 Å². The Balaban J connectivity index is 1.27. The summed E-state index contributed by atoms with van der Waals surface area (Å²) in [7, 11) is 3.69. The van der Waals surface area contributed by atoms with Gasteiger partial charge >= 0.3 is 11.8 Å². The van der Waals surface area contributed by atoms with E-state index in [9.17, 15) is 9.59 Å². The van der Waals surface area contributed by atoms with Crippen LogP contribution in [0.1, 0.15) is 12.8 Å². The van der Waals surface area contributed by atoms with E-state index in [2.05, 4.69) is 27.6 Å². The number of nitrogens with zero attached hydrogens (tertiary/aromatic N) is 2. The minimum Gasteiger partial charge on any atom is -0.493 e. The molecule has 9 nitrogen and oxygen atoms in total. The number of benzene rings is 3. The van der Waals surface area contributed by atoms with Gasteiger partial charge < -0.3 is 29.7 Å². The first-order valence-electron chi connectivity index (χ1n) is 13.3. The van der Waals surface area contributed by atoms with Crippen LogP contribution in [0, 0.1) is 11.7 Å². The summed E-state index contributed by atoms with van der Waals surface area (Å²) in [4.78, 5) is 31.2. The van der Waals surface area contributed by atoms with Crippen molar-refractivity contribution in [3.63, 3.8) is 0 Å². The van der Waals surface area contributed by atoms with Crippen LogP contribution >= 0.6 is 0 Å². The number of pyridine rings is 1. The van der Waals surface area contributed by atoms with E-state index in [4.69, 9.17) is 14.2 Å². The Bertz CT molecular complexity index is 1540. The van der Waals surface area contributed by atoms with Crippen molar-refractivity contribution in [3.05, 3.63) is 78.7 Å². The number of hydrogen-bond acceptors (Lipinski definition) is 7. The van der Waals surface area contributed by atoms with Gasteiger partial charge in [-0.1, -0.05) is 18.2 Å². The Hall–Kier alpha value is -4.70. The molecule has 3 aromatic carbocycles. The lowest BCUT2D eigenvalue weighted by Gasteiger charge is -2.28. The maximum Gasteiger partial charge on any atom is 0.314 e. The first-order chi connectivity index (χ1) is 19.9. The fourth-order valence-corrected chi connectivity index (χ4v) is 4.60. The third-order valence-corrected chi connectivity index (χ3v) is 6.95. The van der Waals surface area contributed by atoms with Gasteiger partial charge in [0, 0.05) is 35.1 Å². The van der Waals surface area contributed by atoms with Gasteiger partial charge in [-0.3, -0.25) is 14.6 Å². The molecular formula is C31H31FN4O5. The average molecular weight is 559 g/mol. The minimum absolute atomic E-state index is 0.0641. The van der Waals surface area contributed by atoms with Gasteiger partial charge in [0.1, 0.15) is 5.75 Å². The summed E-state index contributed by atoms with van der Waals surface area (Å²) >= 11 is 0. The van der Waals surface area contributed by atoms with E-state index in [1.54, 1.807) is 61.8 Å². The topological polar surface area (TPSA) is 102 Å². The SMILES string of the molecule is COc1cc2c(Oc3ccc(NC(=O)C(=O)Nc4ccccc4)cc3F)ccnc2cc1OCC1CCN(C)CC1. The lowest BCUT2D eigenvalue weighted by molar-refractivity contribution is -0.133. The number of carbonyl (C=O) groups excluding carboxylic acids is 2. The number of piperidine rings is 1. The highest BCUT2D eigenvalue weighted by Crippen LogP contribution is 2.38. The van der Waals surface area contributed by atoms with Crippen LogP contribution in [0.4, 0.5) is 15.8 Å². The fourth-order valence-electron chi connectivity index (χ4n) is 4.60. The molecule has 212 valence electrons. The maximum atomic E-state index is 15.0. The molecule has 0 bridgehead atoms. The summed E-state index contributed by atoms with van der Waals surface area (Å²) in [6, 6.07) is 17.7. The number of methoxy groups -OCH3 is 1. The molecule has 1 aliphatic rings. The van der Waals surface area contributed by atoms with Crippen LogP contribution in [-0.2, 0) is 9.59 Å². The predicted octanol–water partition coefficient (Wildman–Crippen LogP) is 5.47. The number of fused-ring (bicyclic) bond motifs is 1. The van der Waals surface area contributed by atoms with Gasteiger partial charge in [0.2, 0.25) is 0 Å². The van der Waals surface area contributed by atoms with Crippen molar-refractivity contribution in [2.24, 2.45) is 5.92 Å². The summed E-state index contributed by atoms with van der Waals surface area (Å²) in [6.45, 7) is 2.70. The third-order valence-electron chi connectivity index (χ3n) is 6.95. The van der Waals surface area contributed by atoms with Crippen molar-refractivity contribution < 1.29 is 28.2 Å². The number of ether oxygens (including phenoxy) is 3. The zero-order chi connectivity index (χ0) is 28.8. The van der Waals surface area contributed by atoms with Crippen molar-refractivity contribution in [1.29, 1.82) is 0 Å². The van der Waals surface area contributed by atoms with Crippen LogP contribution in [0.25, 0.3) is 10.9 Å². The Labute approximate surface area is 237 Å². The first kappa shape index (κ1) is 27.9. The van der Waals surface area contributed by atoms with Gasteiger partial charge in [-0.2, -0.15) is 0 Å². The number of aromatic nitrogens is 1. The molecule has 0 spiro atoms. The highest BCUT2D eigenvalue weighted by molar-refractivity contribution is 6.43. The van der Waals surface area contributed by atoms with Crippen molar-refractivity contribution >= 4 is 34.1 Å². The molecule has 41 heavy (non-hydrogen) atoms. The van der Waals surface area contributed by atoms with Gasteiger partial charge in [0.15, 0.2) is 23.1 Å². The number of likely N-dealkylation sites (tertiary alicyclic amines) is 1. The molecular weight excluding hydrogens is 527 g/mol. The molecule has 5 rings (SSSR count). The fraction of sp³-hybridized carbons (Fsp3) is 0.258. The highest BCUT2D eigenvalue weighted by atomic mass is 19.1. The second-order valence-corrected chi connectivity index (χ2v) is 9.91. The second kappa shape index (κ2) is 12.6. The molecule has 0 unspecified atom stereocenters. The zero-order valence-corrected chi connectivity index (χ0v) is 22.9. The molecule has 0 aliphatic carbocycles. The number of rotatable bonds is 8. The van der Waals surface area contributed by atoms with E-state index in [0.717, 1.165) is 32.0 Å². The van der Waals surface area contributed by atoms with E-state index < -0.39 is 17.6 Å². The standard InChI is InChI=1S/C31H31FN4O5/c1-36-14-11-20(12-15-36)19-40-29-18-25-23(17-28(29)39-2)26(10-13-33-25)41-27-9-8-22(16-24(27)32)35-31(38)30(37)34-21-6-4-3-5-7-21/h3-10,13,16-18,20H,11-12,14-15,19H2,1-2H3,(H,34,37)(H,35,38). The van der Waals surface area contributed by atoms with Gasteiger partial charge in [-0.15, -0.1) is 0 Å². The number of amides is 2. The van der Waals surface area contributed by atoms with Gasteiger partial charge in [-0.05, 0) is 75.3 Å². The minimum atomic E-state index is -0.928. The molecule has 4 aromatic rings. The summed E-state index contributed by atoms with van der Waals surface area (Å²) < 4.78 is 32.6. The second-order valence-electron chi connectivity index (χ2n) is 9.91. The molecule has 0 radical (unpaired) electrons. The van der Waals surface area contributed by atoms with Gasteiger partial charge in [0.25, 0.3) is 0 Å². The van der Waals surface area contributed by atoms with E-state index >= 15 is 4.39 Å². The number of carbonyl (C=O) groups is 2. The molecule has 2 N–H and O–H groups in total. The van der Waals surface area contributed by atoms with Crippen LogP contribution in [0.2, 0.25) is 0 Å². The molecule has 2 heterocycles. The highest BCUT2D eigenvalue weighted by Gasteiger charge is 2.20. The van der Waals surface area contributed by atoms with Crippen molar-refractivity contribution in [2.45, 2.75) is 12.8 Å². The molecule has 0 saturated carbocycles. The predicted molar refractivity (Wildman–Crippen MR) is 154 cm³/mol. The Kier molecular flexibility index (Phi) is 8.59. The van der Waals surface area contributed by atoms with Crippen molar-refractivity contribution in [1.82, 2.24) is 9.88 Å². The average Bonchev–Trinajstić information content (AvgIpc) is 2.98. The Morgan fingerprint density at radius 1 is 0.902 bits per heavy atom. The van der Waals surface area contributed by atoms with Crippen LogP contribution in [-0.4, -0.2) is 55.6 Å². The molecule has 10 heteroatoms. The largest absolute Gasteiger partial charge is 0.493 e. The number of halogens is 1. The molecule has 1 aliphatic heterocycles. The van der Waals surface area contributed by atoms with Crippen molar-refractivity contribution in [2.75, 3.05) is 44.5 Å². The summed E-state index contributed by atoms with van der Waals surface area (Å²) in [5, 5.41) is 5.49. The molecule has 0 atom stereocenters. The summed E-state index contributed by atoms with van der Waals surface area (Å²) in [5.41, 5.74) is 1.19. The quantitative estimate of drug-likeness (QED) is 0.277. The van der Waals surface area contributed by atoms with E-state index in [-0.39, 0.29) is 11.4 Å². The van der Waals surface area contributed by atoms with Gasteiger partial charge in [-0.25, -0.2) is 4.39 Å². The van der Waals surface area contributed by atoms with E-state index in [0.29, 0.717) is 46.4 Å². The molecule has 1 fully saturated rings. The smallest absolute Gasteiger partial charge is 0.314 e. The van der Waals surface area contributed by atoms with Crippen molar-refractivity contribution in [3.8, 4) is 23.0 Å². The van der Waals surface area contributed by atoms with Crippen LogP contribution in [0.15, 0.2) is 72.9 Å². The third kappa shape index (κ3) is 6.90. The Morgan fingerprint density at radius 3 is 2.34 bits per heavy atom. The Morgan fingerprint density at radius 2 is 1.63 bits per heavy atom. The van der Waals surface area contributed by atoms with Crippen LogP contribution < -0.4 is 24.8 Å². The lowest BCUT2D eigenvalue weighted by atomic mass is 9.98. The number of nitrogens with one attached hydrogen (secondary N) is 2. The lowest BCUT2D eigenvalue weighted by Crippen LogP contribution is -2.32. The number of anilines is 2. The molecule has 1 aromatic heterocycles. The first-order valence-corrected chi connectivity index (χ1v) is 13.3. The number of para-hydroxylation sites is 1. The zero-order valence-electron chi connectivity index (χ0n) is 22.9. The molecule has 2 amide bonds. The summed E-state index contributed by atoms with van der Waals surface area (Å²) in [6.07, 6.45) is 3.73. The van der Waals surface area contributed by atoms with E-state index in [1.165, 1.54) is 12.1 Å². The van der Waals surface area contributed by atoms with Crippen LogP contribution in [0.3, 0.4) is 0 Å².